The molecule has 1 unspecified atom stereocenters. The molecule has 1 atom stereocenters. The summed E-state index contributed by atoms with van der Waals surface area (Å²) in [7, 11) is 0. The molecule has 0 saturated carbocycles. The van der Waals surface area contributed by atoms with E-state index in [0.29, 0.717) is 6.61 Å². The van der Waals surface area contributed by atoms with Gasteiger partial charge in [-0.3, -0.25) is 0 Å². The van der Waals surface area contributed by atoms with E-state index in [1.165, 1.54) is 11.1 Å². The van der Waals surface area contributed by atoms with Gasteiger partial charge in [0.25, 0.3) is 0 Å². The van der Waals surface area contributed by atoms with Crippen molar-refractivity contribution >= 4 is 0 Å². The lowest BCUT2D eigenvalue weighted by Gasteiger charge is -2.13. The summed E-state index contributed by atoms with van der Waals surface area (Å²) in [6, 6.07) is 6.31. The van der Waals surface area contributed by atoms with Crippen LogP contribution in [0.2, 0.25) is 0 Å². The lowest BCUT2D eigenvalue weighted by molar-refractivity contribution is 0.00287. The monoisotopic (exact) mass is 250 g/mol. The smallest absolute Gasteiger partial charge is 0.122 e. The Kier molecular flexibility index (Phi) is 4.61. The van der Waals surface area contributed by atoms with E-state index >= 15 is 0 Å². The fraction of sp³-hybridized carbons (Fsp3) is 0.600. The quantitative estimate of drug-likeness (QED) is 0.842. The van der Waals surface area contributed by atoms with E-state index in [0.717, 1.165) is 31.6 Å². The number of benzene rings is 1. The summed E-state index contributed by atoms with van der Waals surface area (Å²) < 4.78 is 10.9. The number of aliphatic hydroxyl groups excluding tert-OH is 1. The predicted molar refractivity (Wildman–Crippen MR) is 71.1 cm³/mol. The minimum Gasteiger partial charge on any atom is -0.493 e. The first-order valence-corrected chi connectivity index (χ1v) is 6.69. The fourth-order valence-corrected chi connectivity index (χ4v) is 2.12. The maximum Gasteiger partial charge on any atom is 0.122 e. The second kappa shape index (κ2) is 6.21. The number of fused-ring (bicyclic) bond motifs is 1. The van der Waals surface area contributed by atoms with Crippen molar-refractivity contribution in [1.29, 1.82) is 0 Å². The molecule has 1 aliphatic heterocycles. The van der Waals surface area contributed by atoms with Gasteiger partial charge in [0.2, 0.25) is 0 Å². The summed E-state index contributed by atoms with van der Waals surface area (Å²) in [6.45, 7) is 5.18. The number of hydrogen-bond acceptors (Lipinski definition) is 3. The van der Waals surface area contributed by atoms with Gasteiger partial charge in [0.15, 0.2) is 0 Å². The maximum absolute atomic E-state index is 9.80. The third-order valence-electron chi connectivity index (χ3n) is 3.14. The molecule has 1 heterocycles. The summed E-state index contributed by atoms with van der Waals surface area (Å²) in [5, 5.41) is 9.80. The van der Waals surface area contributed by atoms with E-state index in [2.05, 4.69) is 12.1 Å². The Morgan fingerprint density at radius 3 is 3.00 bits per heavy atom. The Hall–Kier alpha value is -1.06. The van der Waals surface area contributed by atoms with E-state index in [9.17, 15) is 5.11 Å². The van der Waals surface area contributed by atoms with Gasteiger partial charge in [-0.2, -0.15) is 0 Å². The van der Waals surface area contributed by atoms with Crippen LogP contribution < -0.4 is 4.74 Å². The molecule has 1 N–H and O–H groups in total. The zero-order valence-corrected chi connectivity index (χ0v) is 11.2. The maximum atomic E-state index is 9.80. The molecular formula is C15H22O3. The number of aliphatic hydroxyl groups is 1. The molecule has 0 aromatic heterocycles. The molecule has 0 radical (unpaired) electrons. The van der Waals surface area contributed by atoms with Crippen molar-refractivity contribution in [3.8, 4) is 5.75 Å². The fourth-order valence-electron chi connectivity index (χ4n) is 2.12. The Morgan fingerprint density at radius 2 is 2.22 bits per heavy atom. The van der Waals surface area contributed by atoms with Gasteiger partial charge in [0.05, 0.1) is 25.4 Å². The molecule has 0 bridgehead atoms. The largest absolute Gasteiger partial charge is 0.493 e. The molecular weight excluding hydrogens is 228 g/mol. The SMILES string of the molecule is CC(C)OCC(O)CCc1ccc2c(c1)CCO2. The summed E-state index contributed by atoms with van der Waals surface area (Å²) in [5.74, 6) is 1.02. The zero-order chi connectivity index (χ0) is 13.0. The van der Waals surface area contributed by atoms with E-state index in [-0.39, 0.29) is 12.2 Å². The second-order valence-corrected chi connectivity index (χ2v) is 5.12. The van der Waals surface area contributed by atoms with Crippen molar-refractivity contribution in [2.45, 2.75) is 45.3 Å². The predicted octanol–water partition coefficient (Wildman–Crippen LogP) is 2.34. The number of hydrogen-bond donors (Lipinski definition) is 1. The van der Waals surface area contributed by atoms with Crippen molar-refractivity contribution in [2.24, 2.45) is 0 Å². The summed E-state index contributed by atoms with van der Waals surface area (Å²) in [4.78, 5) is 0. The average molecular weight is 250 g/mol. The summed E-state index contributed by atoms with van der Waals surface area (Å²) in [5.41, 5.74) is 2.56. The van der Waals surface area contributed by atoms with Crippen LogP contribution in [0.15, 0.2) is 18.2 Å². The minimum absolute atomic E-state index is 0.178. The number of ether oxygens (including phenoxy) is 2. The molecule has 0 spiro atoms. The van der Waals surface area contributed by atoms with Crippen LogP contribution >= 0.6 is 0 Å². The third-order valence-corrected chi connectivity index (χ3v) is 3.14. The molecule has 2 rings (SSSR count). The lowest BCUT2D eigenvalue weighted by atomic mass is 10.0. The zero-order valence-electron chi connectivity index (χ0n) is 11.2. The summed E-state index contributed by atoms with van der Waals surface area (Å²) >= 11 is 0. The molecule has 3 nitrogen and oxygen atoms in total. The van der Waals surface area contributed by atoms with Gasteiger partial charge in [-0.1, -0.05) is 12.1 Å². The highest BCUT2D eigenvalue weighted by Gasteiger charge is 2.12. The molecule has 0 aliphatic carbocycles. The van der Waals surface area contributed by atoms with Gasteiger partial charge in [-0.05, 0) is 43.9 Å². The third kappa shape index (κ3) is 3.72. The first kappa shape index (κ1) is 13.4. The molecule has 0 amide bonds. The number of aryl methyl sites for hydroxylation is 1. The van der Waals surface area contributed by atoms with E-state index in [1.807, 2.05) is 19.9 Å². The van der Waals surface area contributed by atoms with Gasteiger partial charge in [-0.25, -0.2) is 0 Å². The Morgan fingerprint density at radius 1 is 1.39 bits per heavy atom. The molecule has 18 heavy (non-hydrogen) atoms. The molecule has 0 saturated heterocycles. The van der Waals surface area contributed by atoms with Crippen molar-refractivity contribution < 1.29 is 14.6 Å². The van der Waals surface area contributed by atoms with E-state index < -0.39 is 0 Å². The molecule has 1 aliphatic rings. The molecule has 1 aromatic carbocycles. The normalized spacial score (nSPS) is 15.6. The first-order chi connectivity index (χ1) is 8.65. The van der Waals surface area contributed by atoms with Crippen LogP contribution in [0.3, 0.4) is 0 Å². The molecule has 1 aromatic rings. The van der Waals surface area contributed by atoms with Gasteiger partial charge in [0, 0.05) is 6.42 Å². The van der Waals surface area contributed by atoms with Crippen LogP contribution in [0.25, 0.3) is 0 Å². The van der Waals surface area contributed by atoms with Crippen LogP contribution in [-0.2, 0) is 17.6 Å². The highest BCUT2D eigenvalue weighted by Crippen LogP contribution is 2.26. The van der Waals surface area contributed by atoms with E-state index in [4.69, 9.17) is 9.47 Å². The second-order valence-electron chi connectivity index (χ2n) is 5.12. The molecule has 0 fully saturated rings. The topological polar surface area (TPSA) is 38.7 Å². The van der Waals surface area contributed by atoms with Gasteiger partial charge < -0.3 is 14.6 Å². The van der Waals surface area contributed by atoms with Crippen molar-refractivity contribution in [3.05, 3.63) is 29.3 Å². The van der Waals surface area contributed by atoms with Crippen molar-refractivity contribution in [1.82, 2.24) is 0 Å². The number of rotatable bonds is 6. The lowest BCUT2D eigenvalue weighted by Crippen LogP contribution is -2.19. The first-order valence-electron chi connectivity index (χ1n) is 6.69. The van der Waals surface area contributed by atoms with Crippen molar-refractivity contribution in [2.75, 3.05) is 13.2 Å². The average Bonchev–Trinajstić information content (AvgIpc) is 2.81. The molecule has 100 valence electrons. The highest BCUT2D eigenvalue weighted by atomic mass is 16.5. The van der Waals surface area contributed by atoms with Gasteiger partial charge in [0.1, 0.15) is 5.75 Å². The molecule has 3 heteroatoms. The Labute approximate surface area is 109 Å². The van der Waals surface area contributed by atoms with Gasteiger partial charge >= 0.3 is 0 Å². The van der Waals surface area contributed by atoms with Crippen LogP contribution in [0, 0.1) is 0 Å². The van der Waals surface area contributed by atoms with Crippen molar-refractivity contribution in [3.63, 3.8) is 0 Å². The van der Waals surface area contributed by atoms with Crippen LogP contribution in [0.4, 0.5) is 0 Å². The van der Waals surface area contributed by atoms with Crippen LogP contribution in [0.1, 0.15) is 31.4 Å². The minimum atomic E-state index is -0.378. The Bertz CT molecular complexity index is 387. The van der Waals surface area contributed by atoms with Crippen LogP contribution in [-0.4, -0.2) is 30.5 Å². The summed E-state index contributed by atoms with van der Waals surface area (Å²) in [6.07, 6.45) is 2.43. The highest BCUT2D eigenvalue weighted by molar-refractivity contribution is 5.39. The van der Waals surface area contributed by atoms with Crippen LogP contribution in [0.5, 0.6) is 5.75 Å². The van der Waals surface area contributed by atoms with Gasteiger partial charge in [-0.15, -0.1) is 0 Å². The van der Waals surface area contributed by atoms with E-state index in [1.54, 1.807) is 0 Å². The standard InChI is InChI=1S/C15H22O3/c1-11(2)18-10-14(16)5-3-12-4-6-15-13(9-12)7-8-17-15/h4,6,9,11,14,16H,3,5,7-8,10H2,1-2H3. The Balaban J connectivity index is 1.79.